The molecule has 2 fully saturated rings. The SMILES string of the molecule is CC(=O)N1CCCCC[C@@H]2[C@@H]1[C@H](c1ccccc1)CN2C(=O)c1ccccc1. The predicted molar refractivity (Wildman–Crippen MR) is 110 cm³/mol. The van der Waals surface area contributed by atoms with E-state index >= 15 is 0 Å². The number of hydrogen-bond acceptors (Lipinski definition) is 2. The van der Waals surface area contributed by atoms with Crippen LogP contribution in [0.5, 0.6) is 0 Å². The number of carbonyl (C=O) groups excluding carboxylic acids is 2. The van der Waals surface area contributed by atoms with Crippen molar-refractivity contribution in [2.45, 2.75) is 50.6 Å². The Hall–Kier alpha value is -2.62. The minimum Gasteiger partial charge on any atom is -0.337 e. The van der Waals surface area contributed by atoms with E-state index in [4.69, 9.17) is 0 Å². The Morgan fingerprint density at radius 1 is 0.857 bits per heavy atom. The van der Waals surface area contributed by atoms with Crippen molar-refractivity contribution in [3.63, 3.8) is 0 Å². The number of rotatable bonds is 2. The Morgan fingerprint density at radius 3 is 2.21 bits per heavy atom. The molecule has 0 bridgehead atoms. The van der Waals surface area contributed by atoms with Crippen LogP contribution in [0.25, 0.3) is 0 Å². The van der Waals surface area contributed by atoms with Gasteiger partial charge in [-0.2, -0.15) is 0 Å². The fourth-order valence-electron chi connectivity index (χ4n) is 4.97. The van der Waals surface area contributed by atoms with Gasteiger partial charge in [-0.3, -0.25) is 9.59 Å². The molecule has 4 rings (SSSR count). The topological polar surface area (TPSA) is 40.6 Å². The lowest BCUT2D eigenvalue weighted by molar-refractivity contribution is -0.132. The molecule has 3 atom stereocenters. The smallest absolute Gasteiger partial charge is 0.254 e. The summed E-state index contributed by atoms with van der Waals surface area (Å²) >= 11 is 0. The van der Waals surface area contributed by atoms with E-state index in [0.29, 0.717) is 6.54 Å². The zero-order valence-corrected chi connectivity index (χ0v) is 16.5. The Bertz CT molecular complexity index is 821. The molecule has 0 N–H and O–H groups in total. The molecule has 0 saturated carbocycles. The van der Waals surface area contributed by atoms with E-state index in [1.54, 1.807) is 6.92 Å². The second kappa shape index (κ2) is 8.17. The van der Waals surface area contributed by atoms with E-state index in [-0.39, 0.29) is 29.8 Å². The van der Waals surface area contributed by atoms with Gasteiger partial charge in [-0.05, 0) is 30.5 Å². The highest BCUT2D eigenvalue weighted by atomic mass is 16.2. The monoisotopic (exact) mass is 376 g/mol. The van der Waals surface area contributed by atoms with Crippen LogP contribution < -0.4 is 0 Å². The fraction of sp³-hybridized carbons (Fsp3) is 0.417. The van der Waals surface area contributed by atoms with Crippen LogP contribution in [0.15, 0.2) is 60.7 Å². The summed E-state index contributed by atoms with van der Waals surface area (Å²) < 4.78 is 0. The summed E-state index contributed by atoms with van der Waals surface area (Å²) in [5.74, 6) is 0.353. The van der Waals surface area contributed by atoms with Crippen molar-refractivity contribution in [1.29, 1.82) is 0 Å². The first-order chi connectivity index (χ1) is 13.7. The first-order valence-corrected chi connectivity index (χ1v) is 10.3. The van der Waals surface area contributed by atoms with Gasteiger partial charge in [-0.25, -0.2) is 0 Å². The molecule has 2 saturated heterocycles. The van der Waals surface area contributed by atoms with Gasteiger partial charge in [0.1, 0.15) is 0 Å². The highest BCUT2D eigenvalue weighted by Gasteiger charge is 2.48. The molecule has 0 unspecified atom stereocenters. The van der Waals surface area contributed by atoms with Gasteiger partial charge in [0.25, 0.3) is 5.91 Å². The third kappa shape index (κ3) is 3.56. The molecule has 2 aromatic carbocycles. The van der Waals surface area contributed by atoms with Crippen LogP contribution in [-0.4, -0.2) is 46.8 Å². The summed E-state index contributed by atoms with van der Waals surface area (Å²) in [5, 5.41) is 0. The Kier molecular flexibility index (Phi) is 5.47. The van der Waals surface area contributed by atoms with Crippen LogP contribution in [0.1, 0.15) is 54.4 Å². The molecule has 2 aliphatic rings. The van der Waals surface area contributed by atoms with Crippen LogP contribution in [0.2, 0.25) is 0 Å². The summed E-state index contributed by atoms with van der Waals surface area (Å²) in [6, 6.07) is 20.0. The second-order valence-corrected chi connectivity index (χ2v) is 7.96. The molecule has 2 aliphatic heterocycles. The molecular formula is C24H28N2O2. The first kappa shape index (κ1) is 18.7. The van der Waals surface area contributed by atoms with E-state index in [1.807, 2.05) is 58.3 Å². The van der Waals surface area contributed by atoms with Crippen molar-refractivity contribution >= 4 is 11.8 Å². The molecule has 0 radical (unpaired) electrons. The highest BCUT2D eigenvalue weighted by Crippen LogP contribution is 2.39. The van der Waals surface area contributed by atoms with Crippen molar-refractivity contribution in [3.8, 4) is 0 Å². The van der Waals surface area contributed by atoms with Gasteiger partial charge >= 0.3 is 0 Å². The van der Waals surface area contributed by atoms with E-state index in [2.05, 4.69) is 12.1 Å². The van der Waals surface area contributed by atoms with Gasteiger partial charge < -0.3 is 9.80 Å². The molecule has 0 aromatic heterocycles. The van der Waals surface area contributed by atoms with Crippen LogP contribution in [-0.2, 0) is 4.79 Å². The van der Waals surface area contributed by atoms with Crippen molar-refractivity contribution in [3.05, 3.63) is 71.8 Å². The van der Waals surface area contributed by atoms with Crippen molar-refractivity contribution in [1.82, 2.24) is 9.80 Å². The molecule has 2 aromatic rings. The number of nitrogens with zero attached hydrogens (tertiary/aromatic N) is 2. The average molecular weight is 377 g/mol. The fourth-order valence-corrected chi connectivity index (χ4v) is 4.97. The van der Waals surface area contributed by atoms with E-state index in [0.717, 1.165) is 37.8 Å². The quantitative estimate of drug-likeness (QED) is 0.792. The molecule has 146 valence electrons. The summed E-state index contributed by atoms with van der Waals surface area (Å²) in [6.07, 6.45) is 4.21. The maximum Gasteiger partial charge on any atom is 0.254 e. The van der Waals surface area contributed by atoms with Crippen LogP contribution in [0.3, 0.4) is 0 Å². The predicted octanol–water partition coefficient (Wildman–Crippen LogP) is 4.09. The number of carbonyl (C=O) groups is 2. The molecule has 2 amide bonds. The zero-order valence-electron chi connectivity index (χ0n) is 16.5. The normalized spacial score (nSPS) is 25.0. The van der Waals surface area contributed by atoms with Gasteiger partial charge in [0.2, 0.25) is 5.91 Å². The largest absolute Gasteiger partial charge is 0.337 e. The van der Waals surface area contributed by atoms with Gasteiger partial charge in [-0.15, -0.1) is 0 Å². The Morgan fingerprint density at radius 2 is 1.54 bits per heavy atom. The standard InChI is InChI=1S/C24H28N2O2/c1-18(27)25-16-10-4-9-15-22-23(25)21(19-11-5-2-6-12-19)17-26(22)24(28)20-13-7-3-8-14-20/h2-3,5-8,11-14,21-23H,4,9-10,15-17H2,1H3/t21-,22+,23-/m0/s1. The lowest BCUT2D eigenvalue weighted by atomic mass is 9.87. The minimum atomic E-state index is 0.0489. The molecule has 0 spiro atoms. The van der Waals surface area contributed by atoms with Crippen molar-refractivity contribution < 1.29 is 9.59 Å². The van der Waals surface area contributed by atoms with Crippen LogP contribution in [0, 0.1) is 0 Å². The number of likely N-dealkylation sites (tertiary alicyclic amines) is 2. The minimum absolute atomic E-state index is 0.0489. The van der Waals surface area contributed by atoms with E-state index in [1.165, 1.54) is 5.56 Å². The molecular weight excluding hydrogens is 348 g/mol. The van der Waals surface area contributed by atoms with Gasteiger partial charge in [0.15, 0.2) is 0 Å². The number of benzene rings is 2. The summed E-state index contributed by atoms with van der Waals surface area (Å²) in [6.45, 7) is 3.12. The highest BCUT2D eigenvalue weighted by molar-refractivity contribution is 5.95. The summed E-state index contributed by atoms with van der Waals surface area (Å²) in [7, 11) is 0. The lowest BCUT2D eigenvalue weighted by Gasteiger charge is -2.38. The third-order valence-corrected chi connectivity index (χ3v) is 6.27. The molecule has 0 aliphatic carbocycles. The maximum atomic E-state index is 13.4. The molecule has 28 heavy (non-hydrogen) atoms. The average Bonchev–Trinajstić information content (AvgIpc) is 3.06. The zero-order chi connectivity index (χ0) is 19.5. The van der Waals surface area contributed by atoms with Crippen LogP contribution >= 0.6 is 0 Å². The summed E-state index contributed by atoms with van der Waals surface area (Å²) in [5.41, 5.74) is 1.94. The molecule has 4 nitrogen and oxygen atoms in total. The first-order valence-electron chi connectivity index (χ1n) is 10.3. The van der Waals surface area contributed by atoms with Crippen LogP contribution in [0.4, 0.5) is 0 Å². The van der Waals surface area contributed by atoms with Gasteiger partial charge in [-0.1, -0.05) is 61.4 Å². The van der Waals surface area contributed by atoms with Crippen molar-refractivity contribution in [2.24, 2.45) is 0 Å². The number of amides is 2. The van der Waals surface area contributed by atoms with Gasteiger partial charge in [0.05, 0.1) is 12.1 Å². The van der Waals surface area contributed by atoms with E-state index in [9.17, 15) is 9.59 Å². The summed E-state index contributed by atoms with van der Waals surface area (Å²) in [4.78, 5) is 30.0. The Labute approximate surface area is 167 Å². The third-order valence-electron chi connectivity index (χ3n) is 6.27. The van der Waals surface area contributed by atoms with Gasteiger partial charge in [0, 0.05) is 31.5 Å². The van der Waals surface area contributed by atoms with E-state index < -0.39 is 0 Å². The van der Waals surface area contributed by atoms with Crippen molar-refractivity contribution in [2.75, 3.05) is 13.1 Å². The second-order valence-electron chi connectivity index (χ2n) is 7.96. The molecule has 2 heterocycles. The number of hydrogen-bond donors (Lipinski definition) is 0. The Balaban J connectivity index is 1.74. The lowest BCUT2D eigenvalue weighted by Crippen LogP contribution is -2.51. The molecule has 4 heteroatoms. The maximum absolute atomic E-state index is 13.4. The number of fused-ring (bicyclic) bond motifs is 1.